The molecule has 6 nitrogen and oxygen atoms in total. The first kappa shape index (κ1) is 16.1. The fraction of sp³-hybridized carbons (Fsp3) is 0.588. The monoisotopic (exact) mass is 321 g/mol. The topological polar surface area (TPSA) is 57.2 Å². The molecule has 0 saturated carbocycles. The Labute approximate surface area is 136 Å². The molecule has 0 atom stereocenters. The van der Waals surface area contributed by atoms with Gasteiger partial charge in [0.25, 0.3) is 0 Å². The van der Waals surface area contributed by atoms with Gasteiger partial charge in [-0.2, -0.15) is 0 Å². The second-order valence-corrected chi connectivity index (χ2v) is 5.85. The van der Waals surface area contributed by atoms with Crippen LogP contribution in [0.5, 0.6) is 11.5 Å². The van der Waals surface area contributed by atoms with Crippen LogP contribution in [0.2, 0.25) is 0 Å². The van der Waals surface area contributed by atoms with E-state index in [4.69, 9.17) is 18.9 Å². The lowest BCUT2D eigenvalue weighted by atomic mass is 10.0. The fourth-order valence-corrected chi connectivity index (χ4v) is 3.16. The molecular weight excluding hydrogens is 298 g/mol. The first-order valence-corrected chi connectivity index (χ1v) is 7.92. The average molecular weight is 321 g/mol. The minimum Gasteiger partial charge on any atom is -0.493 e. The Morgan fingerprint density at radius 1 is 1.13 bits per heavy atom. The van der Waals surface area contributed by atoms with Crippen LogP contribution in [0.15, 0.2) is 18.2 Å². The summed E-state index contributed by atoms with van der Waals surface area (Å²) in [6, 6.07) is 5.58. The molecule has 0 N–H and O–H groups in total. The minimum atomic E-state index is -0.444. The summed E-state index contributed by atoms with van der Waals surface area (Å²) in [6.07, 6.45) is 1.84. The maximum absolute atomic E-state index is 12.5. The zero-order valence-electron chi connectivity index (χ0n) is 13.7. The normalized spacial score (nSPS) is 19.8. The molecule has 1 aromatic carbocycles. The Morgan fingerprint density at radius 2 is 1.78 bits per heavy atom. The number of rotatable bonds is 4. The van der Waals surface area contributed by atoms with E-state index in [1.807, 2.05) is 23.1 Å². The standard InChI is InChI=1S/C17H23NO5/c1-20-14-4-3-13(11-15(14)21-2)12-16(19)18-7-5-17(6-8-18)22-9-10-23-17/h3-4,11H,5-10,12H2,1-2H3. The first-order valence-electron chi connectivity index (χ1n) is 7.92. The minimum absolute atomic E-state index is 0.116. The van der Waals surface area contributed by atoms with Crippen LogP contribution < -0.4 is 9.47 Å². The van der Waals surface area contributed by atoms with Gasteiger partial charge in [-0.3, -0.25) is 4.79 Å². The lowest BCUT2D eigenvalue weighted by Crippen LogP contribution is -2.47. The number of nitrogens with zero attached hydrogens (tertiary/aromatic N) is 1. The lowest BCUT2D eigenvalue weighted by molar-refractivity contribution is -0.187. The largest absolute Gasteiger partial charge is 0.493 e. The zero-order chi connectivity index (χ0) is 16.3. The van der Waals surface area contributed by atoms with Crippen LogP contribution in [-0.4, -0.2) is 57.1 Å². The van der Waals surface area contributed by atoms with Gasteiger partial charge in [0.15, 0.2) is 17.3 Å². The highest BCUT2D eigenvalue weighted by atomic mass is 16.7. The van der Waals surface area contributed by atoms with Gasteiger partial charge in [0.1, 0.15) is 0 Å². The number of ether oxygens (including phenoxy) is 4. The van der Waals surface area contributed by atoms with Gasteiger partial charge in [0, 0.05) is 25.9 Å². The molecule has 1 spiro atoms. The number of amides is 1. The summed E-state index contributed by atoms with van der Waals surface area (Å²) in [4.78, 5) is 14.4. The summed E-state index contributed by atoms with van der Waals surface area (Å²) in [5.74, 6) is 0.979. The smallest absolute Gasteiger partial charge is 0.226 e. The predicted molar refractivity (Wildman–Crippen MR) is 83.7 cm³/mol. The predicted octanol–water partition coefficient (Wildman–Crippen LogP) is 1.61. The van der Waals surface area contributed by atoms with E-state index in [0.29, 0.717) is 44.2 Å². The third-order valence-electron chi connectivity index (χ3n) is 4.49. The Morgan fingerprint density at radius 3 is 2.39 bits per heavy atom. The van der Waals surface area contributed by atoms with E-state index in [2.05, 4.69) is 0 Å². The quantitative estimate of drug-likeness (QED) is 0.843. The van der Waals surface area contributed by atoms with Gasteiger partial charge in [-0.25, -0.2) is 0 Å². The molecule has 2 aliphatic heterocycles. The highest BCUT2D eigenvalue weighted by Gasteiger charge is 2.40. The third kappa shape index (κ3) is 3.43. The molecule has 2 heterocycles. The van der Waals surface area contributed by atoms with Crippen LogP contribution in [0.4, 0.5) is 0 Å². The van der Waals surface area contributed by atoms with Crippen LogP contribution >= 0.6 is 0 Å². The number of likely N-dealkylation sites (tertiary alicyclic amines) is 1. The molecule has 2 fully saturated rings. The Hall–Kier alpha value is -1.79. The molecule has 0 bridgehead atoms. The number of carbonyl (C=O) groups is 1. The fourth-order valence-electron chi connectivity index (χ4n) is 3.16. The third-order valence-corrected chi connectivity index (χ3v) is 4.49. The maximum atomic E-state index is 12.5. The highest BCUT2D eigenvalue weighted by Crippen LogP contribution is 2.32. The van der Waals surface area contributed by atoms with Gasteiger partial charge >= 0.3 is 0 Å². The van der Waals surface area contributed by atoms with Crippen LogP contribution in [-0.2, 0) is 20.7 Å². The number of hydrogen-bond donors (Lipinski definition) is 0. The van der Waals surface area contributed by atoms with E-state index >= 15 is 0 Å². The summed E-state index contributed by atoms with van der Waals surface area (Å²) in [5.41, 5.74) is 0.918. The molecule has 3 rings (SSSR count). The Balaban J connectivity index is 1.59. The summed E-state index contributed by atoms with van der Waals surface area (Å²) < 4.78 is 21.9. The Kier molecular flexibility index (Phi) is 4.73. The molecule has 2 saturated heterocycles. The number of hydrogen-bond acceptors (Lipinski definition) is 5. The number of carbonyl (C=O) groups excluding carboxylic acids is 1. The highest BCUT2D eigenvalue weighted by molar-refractivity contribution is 5.79. The van der Waals surface area contributed by atoms with Crippen molar-refractivity contribution < 1.29 is 23.7 Å². The van der Waals surface area contributed by atoms with E-state index in [-0.39, 0.29) is 5.91 Å². The van der Waals surface area contributed by atoms with Crippen molar-refractivity contribution in [2.45, 2.75) is 25.0 Å². The van der Waals surface area contributed by atoms with E-state index in [0.717, 1.165) is 18.4 Å². The van der Waals surface area contributed by atoms with E-state index < -0.39 is 5.79 Å². The molecular formula is C17H23NO5. The maximum Gasteiger partial charge on any atom is 0.226 e. The van der Waals surface area contributed by atoms with Crippen LogP contribution in [0.1, 0.15) is 18.4 Å². The van der Waals surface area contributed by atoms with Crippen LogP contribution in [0, 0.1) is 0 Å². The van der Waals surface area contributed by atoms with Gasteiger partial charge in [0.2, 0.25) is 5.91 Å². The van der Waals surface area contributed by atoms with E-state index in [1.165, 1.54) is 0 Å². The first-order chi connectivity index (χ1) is 11.2. The van der Waals surface area contributed by atoms with Gasteiger partial charge < -0.3 is 23.8 Å². The van der Waals surface area contributed by atoms with Crippen molar-refractivity contribution in [3.8, 4) is 11.5 Å². The van der Waals surface area contributed by atoms with Crippen LogP contribution in [0.25, 0.3) is 0 Å². The zero-order valence-corrected chi connectivity index (χ0v) is 13.7. The van der Waals surface area contributed by atoms with Crippen molar-refractivity contribution in [2.75, 3.05) is 40.5 Å². The SMILES string of the molecule is COc1ccc(CC(=O)N2CCC3(CC2)OCCO3)cc1OC. The molecule has 2 aliphatic rings. The molecule has 1 aromatic rings. The molecule has 126 valence electrons. The van der Waals surface area contributed by atoms with Gasteiger partial charge in [-0.15, -0.1) is 0 Å². The van der Waals surface area contributed by atoms with Crippen LogP contribution in [0.3, 0.4) is 0 Å². The van der Waals surface area contributed by atoms with Crippen molar-refractivity contribution in [3.05, 3.63) is 23.8 Å². The molecule has 0 radical (unpaired) electrons. The number of piperidine rings is 1. The van der Waals surface area contributed by atoms with E-state index in [9.17, 15) is 4.79 Å². The number of benzene rings is 1. The van der Waals surface area contributed by atoms with E-state index in [1.54, 1.807) is 14.2 Å². The summed E-state index contributed by atoms with van der Waals surface area (Å²) in [6.45, 7) is 2.65. The van der Waals surface area contributed by atoms with Gasteiger partial charge in [-0.05, 0) is 17.7 Å². The Bertz CT molecular complexity index is 558. The second kappa shape index (κ2) is 6.76. The summed E-state index contributed by atoms with van der Waals surface area (Å²) in [5, 5.41) is 0. The lowest BCUT2D eigenvalue weighted by Gasteiger charge is -2.37. The summed E-state index contributed by atoms with van der Waals surface area (Å²) >= 11 is 0. The van der Waals surface area contributed by atoms with Crippen molar-refractivity contribution >= 4 is 5.91 Å². The molecule has 0 aromatic heterocycles. The van der Waals surface area contributed by atoms with Crippen molar-refractivity contribution in [2.24, 2.45) is 0 Å². The number of methoxy groups -OCH3 is 2. The van der Waals surface area contributed by atoms with Crippen molar-refractivity contribution in [1.82, 2.24) is 4.90 Å². The molecule has 6 heteroatoms. The second-order valence-electron chi connectivity index (χ2n) is 5.85. The van der Waals surface area contributed by atoms with Gasteiger partial charge in [0.05, 0.1) is 33.9 Å². The molecule has 0 unspecified atom stereocenters. The average Bonchev–Trinajstić information content (AvgIpc) is 3.03. The molecule has 1 amide bonds. The molecule has 23 heavy (non-hydrogen) atoms. The molecule has 0 aliphatic carbocycles. The summed E-state index contributed by atoms with van der Waals surface area (Å²) in [7, 11) is 3.19. The van der Waals surface area contributed by atoms with Crippen molar-refractivity contribution in [3.63, 3.8) is 0 Å². The van der Waals surface area contributed by atoms with Crippen molar-refractivity contribution in [1.29, 1.82) is 0 Å². The van der Waals surface area contributed by atoms with Gasteiger partial charge in [-0.1, -0.05) is 6.07 Å².